The molecule has 3 aromatic rings. The summed E-state index contributed by atoms with van der Waals surface area (Å²) in [5.41, 5.74) is 2.10. The predicted octanol–water partition coefficient (Wildman–Crippen LogP) is 3.26. The molecule has 0 unspecified atom stereocenters. The van der Waals surface area contributed by atoms with Gasteiger partial charge in [0.15, 0.2) is 5.82 Å². The lowest BCUT2D eigenvalue weighted by atomic mass is 10.1. The molecule has 0 radical (unpaired) electrons. The van der Waals surface area contributed by atoms with Crippen molar-refractivity contribution >= 4 is 10.8 Å². The molecule has 3 rings (SSSR count). The summed E-state index contributed by atoms with van der Waals surface area (Å²) in [6, 6.07) is 12.5. The summed E-state index contributed by atoms with van der Waals surface area (Å²) in [7, 11) is 1.93. The summed E-state index contributed by atoms with van der Waals surface area (Å²) < 4.78 is 1.89. The highest BCUT2D eigenvalue weighted by Crippen LogP contribution is 2.22. The molecule has 1 N–H and O–H groups in total. The average Bonchev–Trinajstić information content (AvgIpc) is 2.96. The van der Waals surface area contributed by atoms with E-state index in [1.807, 2.05) is 24.0 Å². The van der Waals surface area contributed by atoms with E-state index in [9.17, 15) is 0 Å². The Morgan fingerprint density at radius 3 is 2.71 bits per heavy atom. The third-order valence-electron chi connectivity index (χ3n) is 3.55. The van der Waals surface area contributed by atoms with Crippen molar-refractivity contribution in [1.82, 2.24) is 20.1 Å². The van der Waals surface area contributed by atoms with Crippen LogP contribution in [0.25, 0.3) is 16.6 Å². The highest BCUT2D eigenvalue weighted by Gasteiger charge is 2.10. The number of fused-ring (bicyclic) bond motifs is 1. The van der Waals surface area contributed by atoms with Crippen LogP contribution >= 0.6 is 0 Å². The summed E-state index contributed by atoms with van der Waals surface area (Å²) >= 11 is 0. The molecule has 1 aromatic carbocycles. The van der Waals surface area contributed by atoms with Crippen LogP contribution in [-0.2, 0) is 6.54 Å². The van der Waals surface area contributed by atoms with Gasteiger partial charge in [0.2, 0.25) is 0 Å². The van der Waals surface area contributed by atoms with Gasteiger partial charge in [-0.05, 0) is 30.5 Å². The second-order valence-corrected chi connectivity index (χ2v) is 5.53. The molecule has 4 nitrogen and oxygen atoms in total. The number of hydrogen-bond acceptors (Lipinski definition) is 3. The normalized spacial score (nSPS) is 11.4. The SMILES string of the molecule is CNCc1cc2ccccc2c(-n2ccc(C(C)C)n2)n1. The zero-order valence-corrected chi connectivity index (χ0v) is 12.7. The Balaban J connectivity index is 2.18. The van der Waals surface area contributed by atoms with Crippen LogP contribution in [0.2, 0.25) is 0 Å². The molecular formula is C17H20N4. The van der Waals surface area contributed by atoms with Crippen molar-refractivity contribution in [2.75, 3.05) is 7.05 Å². The van der Waals surface area contributed by atoms with Crippen molar-refractivity contribution in [1.29, 1.82) is 0 Å². The molecule has 21 heavy (non-hydrogen) atoms. The summed E-state index contributed by atoms with van der Waals surface area (Å²) in [5, 5.41) is 10.1. The maximum Gasteiger partial charge on any atom is 0.161 e. The number of benzene rings is 1. The van der Waals surface area contributed by atoms with Crippen molar-refractivity contribution in [2.24, 2.45) is 0 Å². The van der Waals surface area contributed by atoms with Gasteiger partial charge in [-0.1, -0.05) is 38.1 Å². The third kappa shape index (κ3) is 2.67. The van der Waals surface area contributed by atoms with Gasteiger partial charge >= 0.3 is 0 Å². The van der Waals surface area contributed by atoms with Crippen LogP contribution in [0.4, 0.5) is 0 Å². The van der Waals surface area contributed by atoms with Crippen LogP contribution in [-0.4, -0.2) is 21.8 Å². The van der Waals surface area contributed by atoms with Gasteiger partial charge in [0.1, 0.15) is 0 Å². The fourth-order valence-electron chi connectivity index (χ4n) is 2.44. The average molecular weight is 280 g/mol. The molecule has 0 fully saturated rings. The molecule has 0 bridgehead atoms. The van der Waals surface area contributed by atoms with Gasteiger partial charge in [0, 0.05) is 18.1 Å². The van der Waals surface area contributed by atoms with Crippen LogP contribution in [0.3, 0.4) is 0 Å². The molecule has 0 aliphatic carbocycles. The van der Waals surface area contributed by atoms with Crippen LogP contribution in [0.5, 0.6) is 0 Å². The molecule has 0 saturated carbocycles. The van der Waals surface area contributed by atoms with Crippen LogP contribution in [0, 0.1) is 0 Å². The van der Waals surface area contributed by atoms with E-state index in [1.165, 1.54) is 5.39 Å². The summed E-state index contributed by atoms with van der Waals surface area (Å²) in [5.74, 6) is 1.31. The molecule has 0 aliphatic rings. The van der Waals surface area contributed by atoms with Gasteiger partial charge in [-0.25, -0.2) is 9.67 Å². The number of aromatic nitrogens is 3. The minimum Gasteiger partial charge on any atom is -0.314 e. The van der Waals surface area contributed by atoms with Gasteiger partial charge in [-0.15, -0.1) is 0 Å². The Hall–Kier alpha value is -2.20. The van der Waals surface area contributed by atoms with E-state index in [1.54, 1.807) is 0 Å². The van der Waals surface area contributed by atoms with Gasteiger partial charge in [-0.3, -0.25) is 0 Å². The van der Waals surface area contributed by atoms with Gasteiger partial charge in [0.05, 0.1) is 11.4 Å². The Kier molecular flexibility index (Phi) is 3.71. The number of nitrogens with one attached hydrogen (secondary N) is 1. The quantitative estimate of drug-likeness (QED) is 0.797. The fourth-order valence-corrected chi connectivity index (χ4v) is 2.44. The molecule has 4 heteroatoms. The molecule has 0 spiro atoms. The largest absolute Gasteiger partial charge is 0.314 e. The van der Waals surface area contributed by atoms with Crippen LogP contribution in [0.1, 0.15) is 31.2 Å². The lowest BCUT2D eigenvalue weighted by Crippen LogP contribution is -2.09. The Bertz CT molecular complexity index is 758. The molecule has 0 atom stereocenters. The molecule has 0 amide bonds. The smallest absolute Gasteiger partial charge is 0.161 e. The molecule has 0 aliphatic heterocycles. The van der Waals surface area contributed by atoms with Crippen molar-refractivity contribution < 1.29 is 0 Å². The first-order valence-corrected chi connectivity index (χ1v) is 7.28. The minimum atomic E-state index is 0.415. The first-order valence-electron chi connectivity index (χ1n) is 7.28. The van der Waals surface area contributed by atoms with E-state index in [4.69, 9.17) is 4.98 Å². The highest BCUT2D eigenvalue weighted by atomic mass is 15.3. The highest BCUT2D eigenvalue weighted by molar-refractivity contribution is 5.88. The summed E-state index contributed by atoms with van der Waals surface area (Å²) in [6.45, 7) is 5.04. The Morgan fingerprint density at radius 2 is 2.00 bits per heavy atom. The van der Waals surface area contributed by atoms with Gasteiger partial charge in [-0.2, -0.15) is 5.10 Å². The van der Waals surface area contributed by atoms with Crippen molar-refractivity contribution in [3.05, 3.63) is 54.0 Å². The number of hydrogen-bond donors (Lipinski definition) is 1. The minimum absolute atomic E-state index is 0.415. The lowest BCUT2D eigenvalue weighted by Gasteiger charge is -2.09. The lowest BCUT2D eigenvalue weighted by molar-refractivity contribution is 0.746. The monoisotopic (exact) mass is 280 g/mol. The van der Waals surface area contributed by atoms with E-state index in [2.05, 4.69) is 54.6 Å². The molecule has 2 heterocycles. The maximum absolute atomic E-state index is 4.77. The van der Waals surface area contributed by atoms with Gasteiger partial charge < -0.3 is 5.32 Å². The Labute approximate surface area is 124 Å². The zero-order chi connectivity index (χ0) is 14.8. The maximum atomic E-state index is 4.77. The standard InChI is InChI=1S/C17H20N4/c1-12(2)16-8-9-21(20-16)17-15-7-5-4-6-13(15)10-14(19-17)11-18-3/h4-10,12,18H,11H2,1-3H3. The second kappa shape index (κ2) is 5.66. The second-order valence-electron chi connectivity index (χ2n) is 5.53. The van der Waals surface area contributed by atoms with Crippen LogP contribution in [0.15, 0.2) is 42.6 Å². The van der Waals surface area contributed by atoms with E-state index < -0.39 is 0 Å². The van der Waals surface area contributed by atoms with E-state index in [0.717, 1.165) is 29.1 Å². The van der Waals surface area contributed by atoms with Crippen molar-refractivity contribution in [3.63, 3.8) is 0 Å². The molecule has 0 saturated heterocycles. The molecule has 108 valence electrons. The first kappa shape index (κ1) is 13.8. The van der Waals surface area contributed by atoms with E-state index >= 15 is 0 Å². The van der Waals surface area contributed by atoms with Crippen molar-refractivity contribution in [2.45, 2.75) is 26.3 Å². The predicted molar refractivity (Wildman–Crippen MR) is 85.7 cm³/mol. The van der Waals surface area contributed by atoms with E-state index in [0.29, 0.717) is 5.92 Å². The summed E-state index contributed by atoms with van der Waals surface area (Å²) in [4.78, 5) is 4.77. The van der Waals surface area contributed by atoms with Crippen LogP contribution < -0.4 is 5.32 Å². The zero-order valence-electron chi connectivity index (χ0n) is 12.7. The van der Waals surface area contributed by atoms with E-state index in [-0.39, 0.29) is 0 Å². The van der Waals surface area contributed by atoms with Crippen molar-refractivity contribution in [3.8, 4) is 5.82 Å². The summed E-state index contributed by atoms with van der Waals surface area (Å²) in [6.07, 6.45) is 1.99. The van der Waals surface area contributed by atoms with Gasteiger partial charge in [0.25, 0.3) is 0 Å². The number of rotatable bonds is 4. The Morgan fingerprint density at radius 1 is 1.19 bits per heavy atom. The first-order chi connectivity index (χ1) is 10.2. The molecule has 2 aromatic heterocycles. The number of pyridine rings is 1. The number of nitrogens with zero attached hydrogens (tertiary/aromatic N) is 3. The third-order valence-corrected chi connectivity index (χ3v) is 3.55. The topological polar surface area (TPSA) is 42.7 Å². The fraction of sp³-hybridized carbons (Fsp3) is 0.294. The molecular weight excluding hydrogens is 260 g/mol.